The van der Waals surface area contributed by atoms with E-state index in [4.69, 9.17) is 4.74 Å². The van der Waals surface area contributed by atoms with Crippen LogP contribution in [0.5, 0.6) is 5.75 Å². The van der Waals surface area contributed by atoms with Crippen LogP contribution in [0.2, 0.25) is 0 Å². The summed E-state index contributed by atoms with van der Waals surface area (Å²) in [5, 5.41) is 5.08. The maximum absolute atomic E-state index is 13.0. The fraction of sp³-hybridized carbons (Fsp3) is 0.320. The summed E-state index contributed by atoms with van der Waals surface area (Å²) in [6.07, 6.45) is 0.212. The van der Waals surface area contributed by atoms with Crippen molar-refractivity contribution in [1.29, 1.82) is 0 Å². The number of rotatable bonds is 4. The van der Waals surface area contributed by atoms with Gasteiger partial charge in [0.2, 0.25) is 10.0 Å². The molecule has 0 fully saturated rings. The largest absolute Gasteiger partial charge is 0.476 e. The molecule has 0 bridgehead atoms. The minimum absolute atomic E-state index is 0.0687. The van der Waals surface area contributed by atoms with Crippen LogP contribution < -0.4 is 14.4 Å². The van der Waals surface area contributed by atoms with Crippen LogP contribution in [0.25, 0.3) is 10.8 Å². The van der Waals surface area contributed by atoms with Crippen LogP contribution in [0.15, 0.2) is 60.7 Å². The average molecular weight is 453 g/mol. The molecule has 0 aliphatic carbocycles. The highest BCUT2D eigenvalue weighted by molar-refractivity contribution is 7.92. The summed E-state index contributed by atoms with van der Waals surface area (Å²) in [6.45, 7) is 6.45. The number of benzene rings is 3. The first kappa shape index (κ1) is 22.1. The molecule has 0 radical (unpaired) electrons. The van der Waals surface area contributed by atoms with Gasteiger partial charge in [-0.2, -0.15) is 0 Å². The number of carbonyl (C=O) groups is 1. The number of nitrogens with zero attached hydrogens (tertiary/aromatic N) is 1. The molecule has 7 heteroatoms. The van der Waals surface area contributed by atoms with E-state index in [-0.39, 0.29) is 17.9 Å². The Kier molecular flexibility index (Phi) is 5.63. The quantitative estimate of drug-likeness (QED) is 0.650. The van der Waals surface area contributed by atoms with Gasteiger partial charge in [0.1, 0.15) is 5.75 Å². The third kappa shape index (κ3) is 4.43. The van der Waals surface area contributed by atoms with E-state index in [0.29, 0.717) is 18.0 Å². The molecule has 168 valence electrons. The van der Waals surface area contributed by atoms with Crippen molar-refractivity contribution in [2.75, 3.05) is 17.1 Å². The second-order valence-corrected chi connectivity index (χ2v) is 11.1. The second kappa shape index (κ2) is 8.13. The van der Waals surface area contributed by atoms with Crippen molar-refractivity contribution in [2.24, 2.45) is 0 Å². The highest BCUT2D eigenvalue weighted by Crippen LogP contribution is 2.38. The molecule has 4 rings (SSSR count). The van der Waals surface area contributed by atoms with Crippen molar-refractivity contribution in [3.63, 3.8) is 0 Å². The van der Waals surface area contributed by atoms with Crippen LogP contribution >= 0.6 is 0 Å². The van der Waals surface area contributed by atoms with Crippen LogP contribution in [0.3, 0.4) is 0 Å². The number of hydrogen-bond donors (Lipinski definition) is 1. The van der Waals surface area contributed by atoms with Crippen molar-refractivity contribution in [3.05, 3.63) is 71.8 Å². The Morgan fingerprint density at radius 3 is 2.53 bits per heavy atom. The zero-order valence-corrected chi connectivity index (χ0v) is 19.6. The standard InChI is InChI=1S/C25H28N2O4S/c1-25(2,3)19-12-13-22-21(14-19)27(32(4,29)30)16-23(31-22)24(28)26-15-18-10-7-9-17-8-5-6-11-20(17)18/h5-14,23H,15-16H2,1-4H3,(H,26,28)/t23-/m0/s1. The summed E-state index contributed by atoms with van der Waals surface area (Å²) < 4.78 is 32.3. The molecule has 1 atom stereocenters. The van der Waals surface area contributed by atoms with E-state index in [1.54, 1.807) is 6.07 Å². The topological polar surface area (TPSA) is 75.7 Å². The molecule has 1 heterocycles. The van der Waals surface area contributed by atoms with E-state index in [1.165, 1.54) is 4.31 Å². The number of ether oxygens (including phenoxy) is 1. The molecule has 1 aliphatic rings. The number of fused-ring (bicyclic) bond motifs is 2. The number of sulfonamides is 1. The lowest BCUT2D eigenvalue weighted by Gasteiger charge is -2.35. The van der Waals surface area contributed by atoms with Gasteiger partial charge in [0, 0.05) is 6.54 Å². The number of hydrogen-bond acceptors (Lipinski definition) is 4. The summed E-state index contributed by atoms with van der Waals surface area (Å²) in [4.78, 5) is 13.0. The molecule has 0 spiro atoms. The molecular formula is C25H28N2O4S. The Balaban J connectivity index is 1.58. The Labute approximate surface area is 189 Å². The van der Waals surface area contributed by atoms with E-state index >= 15 is 0 Å². The van der Waals surface area contributed by atoms with Crippen molar-refractivity contribution in [3.8, 4) is 5.75 Å². The van der Waals surface area contributed by atoms with Crippen LogP contribution in [-0.4, -0.2) is 33.2 Å². The molecule has 1 N–H and O–H groups in total. The fourth-order valence-corrected chi connectivity index (χ4v) is 4.82. The number of amides is 1. The molecule has 0 aromatic heterocycles. The highest BCUT2D eigenvalue weighted by atomic mass is 32.2. The zero-order chi connectivity index (χ0) is 23.1. The predicted molar refractivity (Wildman–Crippen MR) is 128 cm³/mol. The smallest absolute Gasteiger partial charge is 0.263 e. The van der Waals surface area contributed by atoms with Gasteiger partial charge in [-0.3, -0.25) is 9.10 Å². The lowest BCUT2D eigenvalue weighted by molar-refractivity contribution is -0.127. The van der Waals surface area contributed by atoms with Crippen LogP contribution in [0, 0.1) is 0 Å². The third-order valence-corrected chi connectivity index (χ3v) is 6.87. The Morgan fingerprint density at radius 2 is 1.81 bits per heavy atom. The van der Waals surface area contributed by atoms with E-state index in [2.05, 4.69) is 26.1 Å². The fourth-order valence-electron chi connectivity index (χ4n) is 3.91. The number of carbonyl (C=O) groups excluding carboxylic acids is 1. The van der Waals surface area contributed by atoms with Gasteiger partial charge in [-0.05, 0) is 39.4 Å². The second-order valence-electron chi connectivity index (χ2n) is 9.19. The maximum atomic E-state index is 13.0. The molecule has 3 aromatic carbocycles. The molecule has 1 aliphatic heterocycles. The number of anilines is 1. The monoisotopic (exact) mass is 452 g/mol. The van der Waals surface area contributed by atoms with Gasteiger partial charge in [0.15, 0.2) is 6.10 Å². The molecule has 32 heavy (non-hydrogen) atoms. The van der Waals surface area contributed by atoms with E-state index in [0.717, 1.165) is 28.2 Å². The zero-order valence-electron chi connectivity index (χ0n) is 18.8. The van der Waals surface area contributed by atoms with Gasteiger partial charge in [0.25, 0.3) is 5.91 Å². The SMILES string of the molecule is CC(C)(C)c1ccc2c(c1)N(S(C)(=O)=O)C[C@@H](C(=O)NCc1cccc3ccccc13)O2. The van der Waals surface area contributed by atoms with Gasteiger partial charge in [0.05, 0.1) is 18.5 Å². The first-order chi connectivity index (χ1) is 15.0. The number of nitrogens with one attached hydrogen (secondary N) is 1. The molecule has 6 nitrogen and oxygen atoms in total. The van der Waals surface area contributed by atoms with Crippen molar-refractivity contribution >= 4 is 32.4 Å². The molecule has 0 saturated heterocycles. The van der Waals surface area contributed by atoms with Gasteiger partial charge >= 0.3 is 0 Å². The Morgan fingerprint density at radius 1 is 1.09 bits per heavy atom. The van der Waals surface area contributed by atoms with Gasteiger partial charge < -0.3 is 10.1 Å². The molecule has 3 aromatic rings. The van der Waals surface area contributed by atoms with E-state index in [1.807, 2.05) is 54.6 Å². The first-order valence-electron chi connectivity index (χ1n) is 10.6. The third-order valence-electron chi connectivity index (χ3n) is 5.72. The molecule has 1 amide bonds. The van der Waals surface area contributed by atoms with Crippen molar-refractivity contribution < 1.29 is 17.9 Å². The van der Waals surface area contributed by atoms with Gasteiger partial charge in [-0.1, -0.05) is 69.3 Å². The maximum Gasteiger partial charge on any atom is 0.263 e. The highest BCUT2D eigenvalue weighted by Gasteiger charge is 2.35. The summed E-state index contributed by atoms with van der Waals surface area (Å²) in [5.74, 6) is 0.0390. The molecule has 0 unspecified atom stereocenters. The Bertz CT molecular complexity index is 1270. The summed E-state index contributed by atoms with van der Waals surface area (Å²) >= 11 is 0. The van der Waals surface area contributed by atoms with Crippen LogP contribution in [-0.2, 0) is 26.8 Å². The van der Waals surface area contributed by atoms with Crippen molar-refractivity contribution in [1.82, 2.24) is 5.32 Å². The van der Waals surface area contributed by atoms with E-state index in [9.17, 15) is 13.2 Å². The van der Waals surface area contributed by atoms with Crippen molar-refractivity contribution in [2.45, 2.75) is 38.8 Å². The molecular weight excluding hydrogens is 424 g/mol. The Hall–Kier alpha value is -3.06. The minimum atomic E-state index is -3.59. The lowest BCUT2D eigenvalue weighted by atomic mass is 9.86. The van der Waals surface area contributed by atoms with E-state index < -0.39 is 16.1 Å². The summed E-state index contributed by atoms with van der Waals surface area (Å²) in [6, 6.07) is 19.4. The van der Waals surface area contributed by atoms with Crippen LogP contribution in [0.4, 0.5) is 5.69 Å². The predicted octanol–water partition coefficient (Wildman–Crippen LogP) is 3.98. The normalized spacial score (nSPS) is 16.4. The van der Waals surface area contributed by atoms with Crippen LogP contribution in [0.1, 0.15) is 31.9 Å². The van der Waals surface area contributed by atoms with Gasteiger partial charge in [-0.15, -0.1) is 0 Å². The minimum Gasteiger partial charge on any atom is -0.476 e. The molecule has 0 saturated carbocycles. The lowest BCUT2D eigenvalue weighted by Crippen LogP contribution is -2.50. The summed E-state index contributed by atoms with van der Waals surface area (Å²) in [5.41, 5.74) is 2.30. The van der Waals surface area contributed by atoms with Gasteiger partial charge in [-0.25, -0.2) is 8.42 Å². The first-order valence-corrected chi connectivity index (χ1v) is 12.4. The summed E-state index contributed by atoms with van der Waals surface area (Å²) in [7, 11) is -3.59. The average Bonchev–Trinajstić information content (AvgIpc) is 2.75.